The minimum Gasteiger partial charge on any atom is -0.497 e. The number of anilines is 1. The number of benzene rings is 2. The molecule has 0 N–H and O–H groups in total. The third kappa shape index (κ3) is 3.98. The van der Waals surface area contributed by atoms with Crippen LogP contribution in [0.5, 0.6) is 23.0 Å². The van der Waals surface area contributed by atoms with Crippen molar-refractivity contribution in [3.8, 4) is 23.0 Å². The summed E-state index contributed by atoms with van der Waals surface area (Å²) in [4.78, 5) is 29.5. The van der Waals surface area contributed by atoms with Crippen LogP contribution in [0.4, 0.5) is 5.69 Å². The average Bonchev–Trinajstić information content (AvgIpc) is 2.79. The van der Waals surface area contributed by atoms with E-state index < -0.39 is 6.04 Å². The Morgan fingerprint density at radius 2 is 1.50 bits per heavy atom. The second-order valence-corrected chi connectivity index (χ2v) is 6.80. The highest BCUT2D eigenvalue weighted by Crippen LogP contribution is 2.34. The van der Waals surface area contributed by atoms with Crippen LogP contribution in [-0.4, -0.2) is 64.3 Å². The summed E-state index contributed by atoms with van der Waals surface area (Å²) in [5.41, 5.74) is 1.02. The largest absolute Gasteiger partial charge is 0.497 e. The number of nitrogens with zero attached hydrogens (tertiary/aromatic N) is 2. The van der Waals surface area contributed by atoms with Crippen LogP contribution in [-0.2, 0) is 4.79 Å². The van der Waals surface area contributed by atoms with Crippen LogP contribution >= 0.6 is 0 Å². The first-order valence-electron chi connectivity index (χ1n) is 9.51. The zero-order chi connectivity index (χ0) is 21.8. The minimum absolute atomic E-state index is 0.198. The second kappa shape index (κ2) is 8.94. The van der Waals surface area contributed by atoms with Gasteiger partial charge in [-0.15, -0.1) is 0 Å². The lowest BCUT2D eigenvalue weighted by Gasteiger charge is -2.39. The topological polar surface area (TPSA) is 77.5 Å². The van der Waals surface area contributed by atoms with Gasteiger partial charge in [0.15, 0.2) is 0 Å². The Morgan fingerprint density at radius 3 is 2.07 bits per heavy atom. The third-order valence-electron chi connectivity index (χ3n) is 5.19. The van der Waals surface area contributed by atoms with Gasteiger partial charge in [0.2, 0.25) is 5.91 Å². The Balaban J connectivity index is 1.87. The number of hydrogen-bond donors (Lipinski definition) is 0. The van der Waals surface area contributed by atoms with Gasteiger partial charge in [-0.05, 0) is 31.2 Å². The Labute approximate surface area is 175 Å². The van der Waals surface area contributed by atoms with E-state index in [1.54, 1.807) is 67.3 Å². The van der Waals surface area contributed by atoms with Gasteiger partial charge in [0, 0.05) is 30.8 Å². The number of carbonyl (C=O) groups is 2. The smallest absolute Gasteiger partial charge is 0.254 e. The molecule has 0 aliphatic carbocycles. The summed E-state index contributed by atoms with van der Waals surface area (Å²) in [6, 6.07) is 9.60. The summed E-state index contributed by atoms with van der Waals surface area (Å²) < 4.78 is 21.2. The number of hydrogen-bond acceptors (Lipinski definition) is 6. The van der Waals surface area contributed by atoms with E-state index >= 15 is 0 Å². The molecule has 8 nitrogen and oxygen atoms in total. The predicted octanol–water partition coefficient (Wildman–Crippen LogP) is 2.60. The lowest BCUT2D eigenvalue weighted by Crippen LogP contribution is -2.57. The monoisotopic (exact) mass is 414 g/mol. The summed E-state index contributed by atoms with van der Waals surface area (Å²) in [5, 5.41) is 0. The minimum atomic E-state index is -0.653. The number of carbonyl (C=O) groups excluding carboxylic acids is 2. The Hall–Kier alpha value is -3.42. The standard InChI is InChI=1S/C22H26N2O6/c1-14-21(25)24(19-13-16(27-2)6-7-20(19)30-5)9-8-23(14)22(26)15-10-17(28-3)12-18(11-15)29-4/h6-7,10-14H,8-9H2,1-5H3. The van der Waals surface area contributed by atoms with Gasteiger partial charge in [0.1, 0.15) is 29.0 Å². The molecule has 160 valence electrons. The quantitative estimate of drug-likeness (QED) is 0.723. The van der Waals surface area contributed by atoms with Crippen molar-refractivity contribution in [2.75, 3.05) is 46.4 Å². The summed E-state index contributed by atoms with van der Waals surface area (Å²) >= 11 is 0. The summed E-state index contributed by atoms with van der Waals surface area (Å²) in [6.45, 7) is 2.42. The van der Waals surface area contributed by atoms with Gasteiger partial charge in [-0.25, -0.2) is 0 Å². The fourth-order valence-electron chi connectivity index (χ4n) is 3.49. The van der Waals surface area contributed by atoms with Crippen LogP contribution in [0.15, 0.2) is 36.4 Å². The Kier molecular flexibility index (Phi) is 6.34. The van der Waals surface area contributed by atoms with Gasteiger partial charge in [-0.3, -0.25) is 9.59 Å². The molecule has 0 aromatic heterocycles. The van der Waals surface area contributed by atoms with Gasteiger partial charge in [0.05, 0.1) is 34.1 Å². The highest BCUT2D eigenvalue weighted by Gasteiger charge is 2.36. The third-order valence-corrected chi connectivity index (χ3v) is 5.19. The highest BCUT2D eigenvalue weighted by molar-refractivity contribution is 6.04. The van der Waals surface area contributed by atoms with Gasteiger partial charge >= 0.3 is 0 Å². The van der Waals surface area contributed by atoms with Gasteiger partial charge in [-0.1, -0.05) is 0 Å². The van der Waals surface area contributed by atoms with Gasteiger partial charge in [-0.2, -0.15) is 0 Å². The van der Waals surface area contributed by atoms with Crippen molar-refractivity contribution in [3.05, 3.63) is 42.0 Å². The number of piperazine rings is 1. The summed E-state index contributed by atoms with van der Waals surface area (Å²) in [7, 11) is 6.16. The van der Waals surface area contributed by atoms with Crippen molar-refractivity contribution in [3.63, 3.8) is 0 Å². The van der Waals surface area contributed by atoms with Crippen LogP contribution in [0.1, 0.15) is 17.3 Å². The lowest BCUT2D eigenvalue weighted by atomic mass is 10.1. The number of rotatable bonds is 6. The first kappa shape index (κ1) is 21.3. The molecule has 1 heterocycles. The molecule has 2 aromatic carbocycles. The molecule has 1 saturated heterocycles. The Bertz CT molecular complexity index is 923. The van der Waals surface area contributed by atoms with E-state index in [1.807, 2.05) is 0 Å². The van der Waals surface area contributed by atoms with Crippen LogP contribution in [0.25, 0.3) is 0 Å². The number of methoxy groups -OCH3 is 4. The molecule has 0 spiro atoms. The van der Waals surface area contributed by atoms with E-state index in [2.05, 4.69) is 0 Å². The molecule has 8 heteroatoms. The predicted molar refractivity (Wildman–Crippen MR) is 112 cm³/mol. The zero-order valence-corrected chi connectivity index (χ0v) is 17.8. The van der Waals surface area contributed by atoms with Crippen molar-refractivity contribution in [2.24, 2.45) is 0 Å². The van der Waals surface area contributed by atoms with Crippen molar-refractivity contribution in [1.29, 1.82) is 0 Å². The molecule has 2 amide bonds. The summed E-state index contributed by atoms with van der Waals surface area (Å²) in [5.74, 6) is 1.75. The molecule has 0 saturated carbocycles. The SMILES string of the molecule is COc1cc(OC)cc(C(=O)N2CCN(c3cc(OC)ccc3OC)C(=O)C2C)c1. The molecular weight excluding hydrogens is 388 g/mol. The molecular formula is C22H26N2O6. The maximum atomic E-state index is 13.2. The Morgan fingerprint density at radius 1 is 0.867 bits per heavy atom. The maximum absolute atomic E-state index is 13.2. The molecule has 1 unspecified atom stereocenters. The van der Waals surface area contributed by atoms with E-state index in [4.69, 9.17) is 18.9 Å². The van der Waals surface area contributed by atoms with Gasteiger partial charge in [0.25, 0.3) is 5.91 Å². The molecule has 1 aliphatic rings. The molecule has 30 heavy (non-hydrogen) atoms. The fraction of sp³-hybridized carbons (Fsp3) is 0.364. The molecule has 1 atom stereocenters. The number of ether oxygens (including phenoxy) is 4. The average molecular weight is 414 g/mol. The first-order chi connectivity index (χ1) is 14.4. The van der Waals surface area contributed by atoms with E-state index in [0.29, 0.717) is 47.3 Å². The van der Waals surface area contributed by atoms with E-state index in [9.17, 15) is 9.59 Å². The van der Waals surface area contributed by atoms with E-state index in [0.717, 1.165) is 0 Å². The molecule has 2 aromatic rings. The van der Waals surface area contributed by atoms with E-state index in [-0.39, 0.29) is 11.8 Å². The molecule has 1 aliphatic heterocycles. The van der Waals surface area contributed by atoms with Crippen molar-refractivity contribution < 1.29 is 28.5 Å². The van der Waals surface area contributed by atoms with Crippen molar-refractivity contribution in [2.45, 2.75) is 13.0 Å². The molecule has 0 bridgehead atoms. The summed E-state index contributed by atoms with van der Waals surface area (Å²) in [6.07, 6.45) is 0. The van der Waals surface area contributed by atoms with Crippen LogP contribution in [0.2, 0.25) is 0 Å². The molecule has 3 rings (SSSR count). The van der Waals surface area contributed by atoms with Gasteiger partial charge < -0.3 is 28.7 Å². The normalized spacial score (nSPS) is 16.3. The molecule has 1 fully saturated rings. The van der Waals surface area contributed by atoms with Crippen molar-refractivity contribution in [1.82, 2.24) is 4.90 Å². The molecule has 0 radical (unpaired) electrons. The maximum Gasteiger partial charge on any atom is 0.254 e. The fourth-order valence-corrected chi connectivity index (χ4v) is 3.49. The van der Waals surface area contributed by atoms with Crippen LogP contribution in [0.3, 0.4) is 0 Å². The second-order valence-electron chi connectivity index (χ2n) is 6.80. The number of amides is 2. The lowest BCUT2D eigenvalue weighted by molar-refractivity contribution is -0.124. The first-order valence-corrected chi connectivity index (χ1v) is 9.51. The van der Waals surface area contributed by atoms with E-state index in [1.165, 1.54) is 14.2 Å². The van der Waals surface area contributed by atoms with Crippen LogP contribution in [0, 0.1) is 0 Å². The highest BCUT2D eigenvalue weighted by atomic mass is 16.5. The van der Waals surface area contributed by atoms with Crippen molar-refractivity contribution >= 4 is 17.5 Å². The zero-order valence-electron chi connectivity index (χ0n) is 17.8. The van der Waals surface area contributed by atoms with Crippen LogP contribution < -0.4 is 23.8 Å².